The van der Waals surface area contributed by atoms with E-state index in [-0.39, 0.29) is 11.3 Å². The van der Waals surface area contributed by atoms with Crippen LogP contribution in [0.1, 0.15) is 16.4 Å². The molecule has 0 aliphatic rings. The van der Waals surface area contributed by atoms with E-state index >= 15 is 0 Å². The van der Waals surface area contributed by atoms with Crippen LogP contribution in [-0.2, 0) is 0 Å². The molecule has 0 saturated heterocycles. The average Bonchev–Trinajstić information content (AvgIpc) is 2.70. The van der Waals surface area contributed by atoms with Gasteiger partial charge in [-0.15, -0.1) is 11.8 Å². The molecule has 0 aromatic heterocycles. The third kappa shape index (κ3) is 6.86. The summed E-state index contributed by atoms with van der Waals surface area (Å²) in [4.78, 5) is 12.2. The van der Waals surface area contributed by atoms with Gasteiger partial charge in [0.1, 0.15) is 0 Å². The highest BCUT2D eigenvalue weighted by Gasteiger charge is 2.20. The van der Waals surface area contributed by atoms with Gasteiger partial charge in [0.25, 0.3) is 0 Å². The Balaban J connectivity index is 1.65. The standard InChI is InChI=1S/C22H19Cl4N3OS/c23-13-5-6-20(27)18(12-13)21(17-3-1-2-4-19(17)26)31-8-7-28-22(30)29-16-10-14(24)9-15(25)11-16/h1-6,9-12,21H,7-8,27H2,(H2,28,29,30). The second-order valence-electron chi connectivity index (χ2n) is 6.58. The first kappa shape index (κ1) is 23.9. The van der Waals surface area contributed by atoms with Crippen LogP contribution >= 0.6 is 58.2 Å². The summed E-state index contributed by atoms with van der Waals surface area (Å²) in [6.07, 6.45) is 0. The third-order valence-electron chi connectivity index (χ3n) is 4.31. The lowest BCUT2D eigenvalue weighted by atomic mass is 10.0. The van der Waals surface area contributed by atoms with Gasteiger partial charge in [0, 0.05) is 43.8 Å². The van der Waals surface area contributed by atoms with E-state index in [0.29, 0.717) is 43.8 Å². The van der Waals surface area contributed by atoms with E-state index in [0.717, 1.165) is 11.1 Å². The highest BCUT2D eigenvalue weighted by molar-refractivity contribution is 7.99. The Morgan fingerprint density at radius 3 is 2.32 bits per heavy atom. The normalized spacial score (nSPS) is 11.7. The topological polar surface area (TPSA) is 67.1 Å². The van der Waals surface area contributed by atoms with E-state index in [4.69, 9.17) is 52.1 Å². The number of nitrogens with two attached hydrogens (primary N) is 1. The Bertz CT molecular complexity index is 1060. The van der Waals surface area contributed by atoms with Gasteiger partial charge in [-0.1, -0.05) is 64.6 Å². The van der Waals surface area contributed by atoms with Gasteiger partial charge in [0.15, 0.2) is 0 Å². The number of amides is 2. The van der Waals surface area contributed by atoms with Gasteiger partial charge in [-0.2, -0.15) is 0 Å². The molecule has 9 heteroatoms. The molecule has 4 nitrogen and oxygen atoms in total. The van der Waals surface area contributed by atoms with Crippen LogP contribution in [-0.4, -0.2) is 18.3 Å². The first-order valence-corrected chi connectivity index (χ1v) is 11.8. The molecule has 1 atom stereocenters. The summed E-state index contributed by atoms with van der Waals surface area (Å²) in [5.74, 6) is 0.617. The smallest absolute Gasteiger partial charge is 0.319 e. The number of hydrogen-bond acceptors (Lipinski definition) is 3. The highest BCUT2D eigenvalue weighted by atomic mass is 35.5. The Morgan fingerprint density at radius 2 is 1.61 bits per heavy atom. The molecule has 0 aliphatic carbocycles. The Hall–Kier alpha value is -1.76. The Kier molecular flexibility index (Phi) is 8.64. The fourth-order valence-electron chi connectivity index (χ4n) is 2.95. The molecule has 0 saturated carbocycles. The molecule has 0 fully saturated rings. The number of halogens is 4. The van der Waals surface area contributed by atoms with Crippen molar-refractivity contribution in [1.29, 1.82) is 0 Å². The number of nitrogen functional groups attached to an aromatic ring is 1. The second kappa shape index (κ2) is 11.2. The van der Waals surface area contributed by atoms with Gasteiger partial charge in [-0.05, 0) is 53.6 Å². The molecular weight excluding hydrogens is 496 g/mol. The minimum atomic E-state index is -0.351. The Labute approximate surface area is 205 Å². The van der Waals surface area contributed by atoms with Crippen LogP contribution in [0.15, 0.2) is 60.7 Å². The molecule has 0 spiro atoms. The van der Waals surface area contributed by atoms with E-state index < -0.39 is 0 Å². The summed E-state index contributed by atoms with van der Waals surface area (Å²) in [6.45, 7) is 0.423. The zero-order chi connectivity index (χ0) is 22.4. The van der Waals surface area contributed by atoms with Gasteiger partial charge in [0.05, 0.1) is 5.25 Å². The molecule has 4 N–H and O–H groups in total. The van der Waals surface area contributed by atoms with E-state index in [1.54, 1.807) is 42.1 Å². The number of hydrogen-bond donors (Lipinski definition) is 3. The quantitative estimate of drug-likeness (QED) is 0.225. The third-order valence-corrected chi connectivity index (χ3v) is 6.61. The van der Waals surface area contributed by atoms with Gasteiger partial charge in [-0.25, -0.2) is 4.79 Å². The first-order valence-electron chi connectivity index (χ1n) is 9.25. The second-order valence-corrected chi connectivity index (χ2v) is 9.51. The van der Waals surface area contributed by atoms with Crippen LogP contribution in [0.5, 0.6) is 0 Å². The van der Waals surface area contributed by atoms with Crippen LogP contribution in [0, 0.1) is 0 Å². The lowest BCUT2D eigenvalue weighted by Gasteiger charge is -2.21. The molecule has 3 aromatic rings. The maximum atomic E-state index is 12.2. The number of benzene rings is 3. The summed E-state index contributed by atoms with van der Waals surface area (Å²) >= 11 is 26.2. The van der Waals surface area contributed by atoms with Crippen molar-refractivity contribution in [1.82, 2.24) is 5.32 Å². The SMILES string of the molecule is Nc1ccc(Cl)cc1C(SCCNC(=O)Nc1cc(Cl)cc(Cl)c1)c1ccccc1Cl. The number of urea groups is 1. The zero-order valence-corrected chi connectivity index (χ0v) is 20.0. The molecule has 0 heterocycles. The van der Waals surface area contributed by atoms with Crippen molar-refractivity contribution in [2.45, 2.75) is 5.25 Å². The Morgan fingerprint density at radius 1 is 0.903 bits per heavy atom. The number of nitrogens with one attached hydrogen (secondary N) is 2. The van der Waals surface area contributed by atoms with Crippen LogP contribution in [0.25, 0.3) is 0 Å². The minimum Gasteiger partial charge on any atom is -0.398 e. The van der Waals surface area contributed by atoms with Crippen molar-refractivity contribution in [3.8, 4) is 0 Å². The van der Waals surface area contributed by atoms with Crippen LogP contribution < -0.4 is 16.4 Å². The predicted octanol–water partition coefficient (Wildman–Crippen LogP) is 7.53. The molecule has 31 heavy (non-hydrogen) atoms. The monoisotopic (exact) mass is 513 g/mol. The van der Waals surface area contributed by atoms with E-state index in [1.807, 2.05) is 30.3 Å². The molecule has 162 valence electrons. The fraction of sp³-hybridized carbons (Fsp3) is 0.136. The minimum absolute atomic E-state index is 0.135. The van der Waals surface area contributed by atoms with Crippen molar-refractivity contribution < 1.29 is 4.79 Å². The van der Waals surface area contributed by atoms with Crippen molar-refractivity contribution >= 4 is 75.6 Å². The highest BCUT2D eigenvalue weighted by Crippen LogP contribution is 2.42. The van der Waals surface area contributed by atoms with Crippen molar-refractivity contribution in [2.75, 3.05) is 23.3 Å². The molecule has 0 radical (unpaired) electrons. The number of carbonyl (C=O) groups is 1. The van der Waals surface area contributed by atoms with E-state index in [2.05, 4.69) is 10.6 Å². The van der Waals surface area contributed by atoms with Gasteiger partial charge in [0.2, 0.25) is 0 Å². The van der Waals surface area contributed by atoms with Crippen LogP contribution in [0.4, 0.5) is 16.2 Å². The maximum Gasteiger partial charge on any atom is 0.319 e. The lowest BCUT2D eigenvalue weighted by Crippen LogP contribution is -2.30. The summed E-state index contributed by atoms with van der Waals surface area (Å²) < 4.78 is 0. The molecule has 3 rings (SSSR count). The van der Waals surface area contributed by atoms with Crippen molar-refractivity contribution in [2.24, 2.45) is 0 Å². The molecule has 1 unspecified atom stereocenters. The average molecular weight is 515 g/mol. The fourth-order valence-corrected chi connectivity index (χ4v) is 5.19. The largest absolute Gasteiger partial charge is 0.398 e. The van der Waals surface area contributed by atoms with Crippen molar-refractivity contribution in [3.63, 3.8) is 0 Å². The molecule has 0 aliphatic heterocycles. The number of thioether (sulfide) groups is 1. The summed E-state index contributed by atoms with van der Waals surface area (Å²) in [5.41, 5.74) is 9.18. The summed E-state index contributed by atoms with van der Waals surface area (Å²) in [5, 5.41) is 7.53. The zero-order valence-electron chi connectivity index (χ0n) is 16.2. The van der Waals surface area contributed by atoms with Gasteiger partial charge >= 0.3 is 6.03 Å². The molecule has 3 aromatic carbocycles. The van der Waals surface area contributed by atoms with Crippen LogP contribution in [0.3, 0.4) is 0 Å². The molecule has 0 bridgehead atoms. The number of rotatable bonds is 7. The predicted molar refractivity (Wildman–Crippen MR) is 135 cm³/mol. The first-order chi connectivity index (χ1) is 14.8. The lowest BCUT2D eigenvalue weighted by molar-refractivity contribution is 0.252. The number of anilines is 2. The van der Waals surface area contributed by atoms with Crippen molar-refractivity contribution in [3.05, 3.63) is 91.9 Å². The van der Waals surface area contributed by atoms with Gasteiger partial charge in [-0.3, -0.25) is 0 Å². The van der Waals surface area contributed by atoms with Gasteiger partial charge < -0.3 is 16.4 Å². The maximum absolute atomic E-state index is 12.2. The van der Waals surface area contributed by atoms with E-state index in [1.165, 1.54) is 0 Å². The summed E-state index contributed by atoms with van der Waals surface area (Å²) in [7, 11) is 0. The van der Waals surface area contributed by atoms with E-state index in [9.17, 15) is 4.79 Å². The summed E-state index contributed by atoms with van der Waals surface area (Å²) in [6, 6.07) is 17.5. The molecular formula is C22H19Cl4N3OS. The number of carbonyl (C=O) groups excluding carboxylic acids is 1. The molecule has 2 amide bonds. The van der Waals surface area contributed by atoms with Crippen LogP contribution in [0.2, 0.25) is 20.1 Å².